The fourth-order valence-electron chi connectivity index (χ4n) is 2.78. The second kappa shape index (κ2) is 7.48. The summed E-state index contributed by atoms with van der Waals surface area (Å²) in [4.78, 5) is 38.5. The second-order valence-corrected chi connectivity index (χ2v) is 6.92. The van der Waals surface area contributed by atoms with Crippen LogP contribution in [-0.2, 0) is 22.6 Å². The summed E-state index contributed by atoms with van der Waals surface area (Å²) in [5, 5.41) is 4.77. The van der Waals surface area contributed by atoms with E-state index in [2.05, 4.69) is 16.8 Å². The molecule has 7 heteroatoms. The fourth-order valence-corrected chi connectivity index (χ4v) is 3.67. The highest BCUT2D eigenvalue weighted by molar-refractivity contribution is 7.10. The fraction of sp³-hybridized carbons (Fsp3) is 0.278. The number of anilines is 1. The minimum Gasteiger partial charge on any atom is -0.366 e. The smallest absolute Gasteiger partial charge is 0.248 e. The number of carbonyl (C=O) groups is 3. The molecule has 0 saturated carbocycles. The highest BCUT2D eigenvalue weighted by Crippen LogP contribution is 2.24. The third-order valence-electron chi connectivity index (χ3n) is 4.18. The van der Waals surface area contributed by atoms with Crippen LogP contribution in [0.2, 0.25) is 0 Å². The zero-order valence-corrected chi connectivity index (χ0v) is 14.5. The molecule has 130 valence electrons. The van der Waals surface area contributed by atoms with Crippen molar-refractivity contribution in [2.75, 3.05) is 11.9 Å². The molecule has 0 unspecified atom stereocenters. The molecule has 0 radical (unpaired) electrons. The average molecular weight is 357 g/mol. The van der Waals surface area contributed by atoms with Crippen LogP contribution >= 0.6 is 11.3 Å². The van der Waals surface area contributed by atoms with Gasteiger partial charge in [-0.25, -0.2) is 0 Å². The molecule has 2 aromatic rings. The number of amides is 3. The highest BCUT2D eigenvalue weighted by Gasteiger charge is 2.21. The molecule has 3 rings (SSSR count). The van der Waals surface area contributed by atoms with Crippen LogP contribution in [0.3, 0.4) is 0 Å². The van der Waals surface area contributed by atoms with Gasteiger partial charge in [0, 0.05) is 42.1 Å². The lowest BCUT2D eigenvalue weighted by Crippen LogP contribution is -2.35. The number of primary amides is 1. The van der Waals surface area contributed by atoms with Gasteiger partial charge in [-0.05, 0) is 47.7 Å². The van der Waals surface area contributed by atoms with E-state index >= 15 is 0 Å². The lowest BCUT2D eigenvalue weighted by atomic mass is 10.1. The maximum atomic E-state index is 12.3. The first-order valence-corrected chi connectivity index (χ1v) is 8.93. The van der Waals surface area contributed by atoms with Crippen LogP contribution < -0.4 is 11.1 Å². The molecule has 1 aromatic heterocycles. The van der Waals surface area contributed by atoms with Crippen LogP contribution in [0.1, 0.15) is 33.6 Å². The topological polar surface area (TPSA) is 92.5 Å². The number of rotatable bonds is 5. The van der Waals surface area contributed by atoms with Crippen molar-refractivity contribution in [1.82, 2.24) is 4.90 Å². The van der Waals surface area contributed by atoms with Crippen molar-refractivity contribution in [3.8, 4) is 0 Å². The molecule has 0 aliphatic carbocycles. The van der Waals surface area contributed by atoms with E-state index in [1.54, 1.807) is 35.6 Å². The van der Waals surface area contributed by atoms with E-state index in [0.29, 0.717) is 24.3 Å². The van der Waals surface area contributed by atoms with Crippen molar-refractivity contribution in [1.29, 1.82) is 0 Å². The molecule has 6 nitrogen and oxygen atoms in total. The van der Waals surface area contributed by atoms with Crippen LogP contribution in [0.5, 0.6) is 0 Å². The number of carbonyl (C=O) groups excluding carboxylic acids is 3. The van der Waals surface area contributed by atoms with Gasteiger partial charge in [0.1, 0.15) is 0 Å². The van der Waals surface area contributed by atoms with Crippen molar-refractivity contribution in [3.05, 3.63) is 51.7 Å². The Balaban J connectivity index is 1.47. The maximum Gasteiger partial charge on any atom is 0.248 e. The molecule has 3 N–H and O–H groups in total. The van der Waals surface area contributed by atoms with Crippen molar-refractivity contribution < 1.29 is 14.4 Å². The maximum absolute atomic E-state index is 12.3. The monoisotopic (exact) mass is 357 g/mol. The third kappa shape index (κ3) is 4.24. The number of thiophene rings is 1. The van der Waals surface area contributed by atoms with Gasteiger partial charge in [-0.3, -0.25) is 14.4 Å². The molecule has 1 aliphatic heterocycles. The van der Waals surface area contributed by atoms with E-state index in [1.807, 2.05) is 4.90 Å². The Morgan fingerprint density at radius 1 is 1.12 bits per heavy atom. The van der Waals surface area contributed by atoms with E-state index in [4.69, 9.17) is 5.73 Å². The number of hydrogen-bond acceptors (Lipinski definition) is 4. The first kappa shape index (κ1) is 17.2. The zero-order chi connectivity index (χ0) is 17.8. The summed E-state index contributed by atoms with van der Waals surface area (Å²) in [6.45, 7) is 1.34. The molecule has 0 bridgehead atoms. The van der Waals surface area contributed by atoms with Crippen LogP contribution in [0.25, 0.3) is 0 Å². The van der Waals surface area contributed by atoms with Gasteiger partial charge in [-0.15, -0.1) is 11.3 Å². The highest BCUT2D eigenvalue weighted by atomic mass is 32.1. The van der Waals surface area contributed by atoms with Crippen molar-refractivity contribution in [2.45, 2.75) is 25.8 Å². The van der Waals surface area contributed by atoms with Gasteiger partial charge in [-0.2, -0.15) is 0 Å². The standard InChI is InChI=1S/C18H19N3O3S/c19-18(24)12-1-3-14(4-2-12)20-16(22)5-6-17(23)21-9-7-15-13(11-21)8-10-25-15/h1-4,8,10H,5-7,9,11H2,(H2,19,24)(H,20,22). The molecule has 0 fully saturated rings. The molecule has 2 heterocycles. The van der Waals surface area contributed by atoms with E-state index < -0.39 is 5.91 Å². The molecule has 1 aromatic carbocycles. The Labute approximate surface area is 149 Å². The summed E-state index contributed by atoms with van der Waals surface area (Å²) in [6.07, 6.45) is 1.20. The normalized spacial score (nSPS) is 13.2. The van der Waals surface area contributed by atoms with Gasteiger partial charge >= 0.3 is 0 Å². The molecular formula is C18H19N3O3S. The predicted octanol–water partition coefficient (Wildman–Crippen LogP) is 2.15. The average Bonchev–Trinajstić information content (AvgIpc) is 3.07. The number of nitrogens with zero attached hydrogens (tertiary/aromatic N) is 1. The largest absolute Gasteiger partial charge is 0.366 e. The number of benzene rings is 1. The van der Waals surface area contributed by atoms with E-state index in [1.165, 1.54) is 10.4 Å². The third-order valence-corrected chi connectivity index (χ3v) is 5.20. The van der Waals surface area contributed by atoms with Gasteiger partial charge in [0.15, 0.2) is 0 Å². The van der Waals surface area contributed by atoms with Crippen LogP contribution in [-0.4, -0.2) is 29.2 Å². The first-order valence-electron chi connectivity index (χ1n) is 8.05. The molecule has 0 spiro atoms. The van der Waals surface area contributed by atoms with Gasteiger partial charge < -0.3 is 16.0 Å². The van der Waals surface area contributed by atoms with E-state index in [-0.39, 0.29) is 24.7 Å². The van der Waals surface area contributed by atoms with Crippen LogP contribution in [0.4, 0.5) is 5.69 Å². The molecule has 25 heavy (non-hydrogen) atoms. The Bertz CT molecular complexity index is 798. The molecule has 3 amide bonds. The van der Waals surface area contributed by atoms with E-state index in [9.17, 15) is 14.4 Å². The zero-order valence-electron chi connectivity index (χ0n) is 13.7. The number of nitrogens with two attached hydrogens (primary N) is 1. The SMILES string of the molecule is NC(=O)c1ccc(NC(=O)CCC(=O)N2CCc3sccc3C2)cc1. The van der Waals surface area contributed by atoms with Gasteiger partial charge in [0.05, 0.1) is 0 Å². The lowest BCUT2D eigenvalue weighted by molar-refractivity contribution is -0.133. The molecule has 1 aliphatic rings. The predicted molar refractivity (Wildman–Crippen MR) is 96.3 cm³/mol. The Kier molecular flexibility index (Phi) is 5.14. The quantitative estimate of drug-likeness (QED) is 0.859. The Hall–Kier alpha value is -2.67. The minimum atomic E-state index is -0.515. The Morgan fingerprint density at radius 3 is 2.60 bits per heavy atom. The summed E-state index contributed by atoms with van der Waals surface area (Å²) in [6, 6.07) is 8.39. The number of nitrogens with one attached hydrogen (secondary N) is 1. The van der Waals surface area contributed by atoms with Gasteiger partial charge in [-0.1, -0.05) is 0 Å². The number of hydrogen-bond donors (Lipinski definition) is 2. The summed E-state index contributed by atoms with van der Waals surface area (Å²) < 4.78 is 0. The molecule has 0 atom stereocenters. The summed E-state index contributed by atoms with van der Waals surface area (Å²) >= 11 is 1.73. The van der Waals surface area contributed by atoms with Gasteiger partial charge in [0.2, 0.25) is 17.7 Å². The Morgan fingerprint density at radius 2 is 1.88 bits per heavy atom. The van der Waals surface area contributed by atoms with Gasteiger partial charge in [0.25, 0.3) is 0 Å². The summed E-state index contributed by atoms with van der Waals surface area (Å²) in [7, 11) is 0. The second-order valence-electron chi connectivity index (χ2n) is 5.92. The molecular weight excluding hydrogens is 338 g/mol. The van der Waals surface area contributed by atoms with Crippen molar-refractivity contribution in [3.63, 3.8) is 0 Å². The molecule has 0 saturated heterocycles. The van der Waals surface area contributed by atoms with Crippen molar-refractivity contribution in [2.24, 2.45) is 5.73 Å². The summed E-state index contributed by atoms with van der Waals surface area (Å²) in [5.74, 6) is -0.747. The first-order chi connectivity index (χ1) is 12.0. The van der Waals surface area contributed by atoms with E-state index in [0.717, 1.165) is 6.42 Å². The van der Waals surface area contributed by atoms with Crippen molar-refractivity contribution >= 4 is 34.7 Å². The lowest BCUT2D eigenvalue weighted by Gasteiger charge is -2.27. The summed E-state index contributed by atoms with van der Waals surface area (Å²) in [5.41, 5.74) is 7.34. The minimum absolute atomic E-state index is 0.00363. The van der Waals surface area contributed by atoms with Crippen LogP contribution in [0.15, 0.2) is 35.7 Å². The van der Waals surface area contributed by atoms with Crippen LogP contribution in [0, 0.1) is 0 Å². The number of fused-ring (bicyclic) bond motifs is 1.